The Balaban J connectivity index is 2.68. The van der Waals surface area contributed by atoms with Gasteiger partial charge in [0.2, 0.25) is 0 Å². The summed E-state index contributed by atoms with van der Waals surface area (Å²) < 4.78 is 0. The lowest BCUT2D eigenvalue weighted by molar-refractivity contribution is 0.0698. The van der Waals surface area contributed by atoms with Crippen LogP contribution in [0.5, 0.6) is 5.75 Å². The van der Waals surface area contributed by atoms with Crippen LogP contribution in [-0.2, 0) is 0 Å². The molecule has 17 heavy (non-hydrogen) atoms. The van der Waals surface area contributed by atoms with Crippen molar-refractivity contribution in [3.8, 4) is 16.9 Å². The summed E-state index contributed by atoms with van der Waals surface area (Å²) >= 11 is 5.84. The minimum atomic E-state index is -1.04. The third kappa shape index (κ3) is 2.24. The first-order chi connectivity index (χ1) is 8.09. The molecule has 0 heterocycles. The van der Waals surface area contributed by atoms with Gasteiger partial charge >= 0.3 is 5.97 Å². The Morgan fingerprint density at radius 2 is 1.76 bits per heavy atom. The maximum absolute atomic E-state index is 11.1. The van der Waals surface area contributed by atoms with Crippen LogP contribution >= 0.6 is 11.6 Å². The highest BCUT2D eigenvalue weighted by atomic mass is 35.5. The molecule has 0 fully saturated rings. The molecule has 4 heteroatoms. The van der Waals surface area contributed by atoms with Gasteiger partial charge in [0.25, 0.3) is 0 Å². The molecule has 0 aliphatic carbocycles. The second-order valence-corrected chi connectivity index (χ2v) is 3.95. The van der Waals surface area contributed by atoms with E-state index in [1.54, 1.807) is 30.3 Å². The molecule has 2 aromatic rings. The van der Waals surface area contributed by atoms with Crippen molar-refractivity contribution in [3.05, 3.63) is 53.1 Å². The lowest BCUT2D eigenvalue weighted by Gasteiger charge is -2.08. The molecule has 0 amide bonds. The van der Waals surface area contributed by atoms with Crippen molar-refractivity contribution < 1.29 is 15.0 Å². The Bertz CT molecular complexity index is 579. The van der Waals surface area contributed by atoms with Crippen LogP contribution in [0.15, 0.2) is 42.5 Å². The number of benzene rings is 2. The van der Waals surface area contributed by atoms with E-state index < -0.39 is 5.97 Å². The van der Waals surface area contributed by atoms with Crippen molar-refractivity contribution in [3.63, 3.8) is 0 Å². The van der Waals surface area contributed by atoms with Gasteiger partial charge in [0.05, 0.1) is 5.56 Å². The van der Waals surface area contributed by atoms with Gasteiger partial charge in [-0.05, 0) is 29.8 Å². The molecule has 2 N–H and O–H groups in total. The van der Waals surface area contributed by atoms with Crippen LogP contribution in [0.1, 0.15) is 10.4 Å². The fraction of sp³-hybridized carbons (Fsp3) is 0. The summed E-state index contributed by atoms with van der Waals surface area (Å²) in [6, 6.07) is 11.0. The number of phenols is 1. The second kappa shape index (κ2) is 4.47. The molecule has 0 spiro atoms. The molecular weight excluding hydrogens is 240 g/mol. The topological polar surface area (TPSA) is 57.5 Å². The lowest BCUT2D eigenvalue weighted by Crippen LogP contribution is -1.99. The Morgan fingerprint density at radius 1 is 1.06 bits per heavy atom. The van der Waals surface area contributed by atoms with Crippen molar-refractivity contribution in [2.75, 3.05) is 0 Å². The average Bonchev–Trinajstić information content (AvgIpc) is 2.32. The summed E-state index contributed by atoms with van der Waals surface area (Å²) in [6.07, 6.45) is 0. The number of halogens is 1. The summed E-state index contributed by atoms with van der Waals surface area (Å²) in [4.78, 5) is 11.1. The normalized spacial score (nSPS) is 10.2. The number of aromatic carboxylic acids is 1. The number of phenolic OH excluding ortho intramolecular Hbond substituents is 1. The number of hydrogen-bond acceptors (Lipinski definition) is 2. The van der Waals surface area contributed by atoms with Crippen LogP contribution in [0.3, 0.4) is 0 Å². The second-order valence-electron chi connectivity index (χ2n) is 3.51. The molecule has 2 rings (SSSR count). The number of hydrogen-bond donors (Lipinski definition) is 2. The highest BCUT2D eigenvalue weighted by molar-refractivity contribution is 6.31. The van der Waals surface area contributed by atoms with E-state index >= 15 is 0 Å². The predicted molar refractivity (Wildman–Crippen MR) is 65.5 cm³/mol. The van der Waals surface area contributed by atoms with Gasteiger partial charge in [0.15, 0.2) is 0 Å². The van der Waals surface area contributed by atoms with Crippen LogP contribution in [0.4, 0.5) is 0 Å². The summed E-state index contributed by atoms with van der Waals surface area (Å²) in [5.74, 6) is -1.04. The maximum Gasteiger partial charge on any atom is 0.336 e. The number of carboxylic acids is 1. The van der Waals surface area contributed by atoms with Crippen molar-refractivity contribution in [2.45, 2.75) is 0 Å². The van der Waals surface area contributed by atoms with Crippen molar-refractivity contribution >= 4 is 17.6 Å². The van der Waals surface area contributed by atoms with Crippen LogP contribution < -0.4 is 0 Å². The standard InChI is InChI=1S/C13H9ClO3/c14-8-5-6-12(15)11(7-8)9-3-1-2-4-10(9)13(16)17/h1-7,15H,(H,16,17). The van der Waals surface area contributed by atoms with Gasteiger partial charge in [-0.1, -0.05) is 29.8 Å². The van der Waals surface area contributed by atoms with Crippen molar-refractivity contribution in [1.29, 1.82) is 0 Å². The summed E-state index contributed by atoms with van der Waals surface area (Å²) in [5.41, 5.74) is 0.987. The number of aromatic hydroxyl groups is 1. The van der Waals surface area contributed by atoms with E-state index in [0.717, 1.165) is 0 Å². The van der Waals surface area contributed by atoms with E-state index in [0.29, 0.717) is 16.1 Å². The van der Waals surface area contributed by atoms with Crippen LogP contribution in [0, 0.1) is 0 Å². The van der Waals surface area contributed by atoms with Crippen LogP contribution in [0.25, 0.3) is 11.1 Å². The molecule has 0 bridgehead atoms. The van der Waals surface area contributed by atoms with Gasteiger partial charge < -0.3 is 10.2 Å². The lowest BCUT2D eigenvalue weighted by atomic mass is 9.99. The first-order valence-electron chi connectivity index (χ1n) is 4.91. The van der Waals surface area contributed by atoms with E-state index in [-0.39, 0.29) is 11.3 Å². The monoisotopic (exact) mass is 248 g/mol. The molecule has 86 valence electrons. The molecule has 0 saturated carbocycles. The summed E-state index contributed by atoms with van der Waals surface area (Å²) in [6.45, 7) is 0. The molecule has 3 nitrogen and oxygen atoms in total. The number of rotatable bonds is 2. The first kappa shape index (κ1) is 11.5. The van der Waals surface area contributed by atoms with E-state index in [9.17, 15) is 9.90 Å². The van der Waals surface area contributed by atoms with Gasteiger partial charge in [-0.15, -0.1) is 0 Å². The van der Waals surface area contributed by atoms with Gasteiger partial charge in [-0.25, -0.2) is 4.79 Å². The molecule has 0 aliphatic rings. The Labute approximate surface area is 103 Å². The minimum Gasteiger partial charge on any atom is -0.507 e. The van der Waals surface area contributed by atoms with Gasteiger partial charge in [-0.3, -0.25) is 0 Å². The fourth-order valence-electron chi connectivity index (χ4n) is 1.63. The molecule has 0 saturated heterocycles. The smallest absolute Gasteiger partial charge is 0.336 e. The van der Waals surface area contributed by atoms with E-state index in [1.807, 2.05) is 0 Å². The minimum absolute atomic E-state index is 0.00287. The summed E-state index contributed by atoms with van der Waals surface area (Å²) in [5, 5.41) is 19.3. The van der Waals surface area contributed by atoms with E-state index in [2.05, 4.69) is 0 Å². The number of carbonyl (C=O) groups is 1. The Hall–Kier alpha value is -2.00. The molecule has 0 unspecified atom stereocenters. The highest BCUT2D eigenvalue weighted by Crippen LogP contribution is 2.33. The molecule has 0 radical (unpaired) electrons. The Kier molecular flexibility index (Phi) is 3.02. The quantitative estimate of drug-likeness (QED) is 0.856. The molecule has 0 aliphatic heterocycles. The summed E-state index contributed by atoms with van der Waals surface area (Å²) in [7, 11) is 0. The highest BCUT2D eigenvalue weighted by Gasteiger charge is 2.13. The Morgan fingerprint density at radius 3 is 2.47 bits per heavy atom. The van der Waals surface area contributed by atoms with Gasteiger partial charge in [0.1, 0.15) is 5.75 Å². The van der Waals surface area contributed by atoms with Crippen LogP contribution in [-0.4, -0.2) is 16.2 Å². The zero-order valence-electron chi connectivity index (χ0n) is 8.72. The number of carboxylic acid groups (broad SMARTS) is 1. The van der Waals surface area contributed by atoms with Gasteiger partial charge in [0, 0.05) is 10.6 Å². The van der Waals surface area contributed by atoms with E-state index in [4.69, 9.17) is 16.7 Å². The molecule has 2 aromatic carbocycles. The predicted octanol–water partition coefficient (Wildman–Crippen LogP) is 3.41. The third-order valence-electron chi connectivity index (χ3n) is 2.41. The SMILES string of the molecule is O=C(O)c1ccccc1-c1cc(Cl)ccc1O. The third-order valence-corrected chi connectivity index (χ3v) is 2.64. The zero-order valence-corrected chi connectivity index (χ0v) is 9.48. The van der Waals surface area contributed by atoms with Crippen molar-refractivity contribution in [2.24, 2.45) is 0 Å². The average molecular weight is 249 g/mol. The largest absolute Gasteiger partial charge is 0.507 e. The molecule has 0 aromatic heterocycles. The van der Waals surface area contributed by atoms with Crippen molar-refractivity contribution in [1.82, 2.24) is 0 Å². The van der Waals surface area contributed by atoms with E-state index in [1.165, 1.54) is 12.1 Å². The van der Waals surface area contributed by atoms with Gasteiger partial charge in [-0.2, -0.15) is 0 Å². The molecule has 0 atom stereocenters. The zero-order chi connectivity index (χ0) is 12.4. The van der Waals surface area contributed by atoms with Crippen LogP contribution in [0.2, 0.25) is 5.02 Å². The maximum atomic E-state index is 11.1. The molecular formula is C13H9ClO3. The first-order valence-corrected chi connectivity index (χ1v) is 5.28. The fourth-order valence-corrected chi connectivity index (χ4v) is 1.80.